The maximum atomic E-state index is 12.1. The average Bonchev–Trinajstić information content (AvgIpc) is 2.49. The molecule has 1 aromatic carbocycles. The molecule has 0 aromatic heterocycles. The molecule has 112 valence electrons. The van der Waals surface area contributed by atoms with Crippen LogP contribution in [0.25, 0.3) is 0 Å². The third-order valence-corrected chi connectivity index (χ3v) is 3.96. The third kappa shape index (κ3) is 4.33. The fourth-order valence-electron chi connectivity index (χ4n) is 2.49. The van der Waals surface area contributed by atoms with Crippen molar-refractivity contribution in [3.8, 4) is 0 Å². The molecule has 1 aromatic rings. The Labute approximate surface area is 128 Å². The molecule has 4 nitrogen and oxygen atoms in total. The second-order valence-electron chi connectivity index (χ2n) is 5.16. The number of carboxylic acids is 1. The summed E-state index contributed by atoms with van der Waals surface area (Å²) in [5, 5.41) is 12.7. The van der Waals surface area contributed by atoms with E-state index in [1.54, 1.807) is 0 Å². The Bertz CT molecular complexity index is 539. The van der Waals surface area contributed by atoms with Gasteiger partial charge in [-0.05, 0) is 37.0 Å². The van der Waals surface area contributed by atoms with Crippen LogP contribution < -0.4 is 5.32 Å². The van der Waals surface area contributed by atoms with Crippen molar-refractivity contribution in [2.24, 2.45) is 11.8 Å². The number of benzene rings is 1. The van der Waals surface area contributed by atoms with Gasteiger partial charge >= 0.3 is 5.97 Å². The zero-order chi connectivity index (χ0) is 15.2. The van der Waals surface area contributed by atoms with Crippen LogP contribution in [0.4, 0.5) is 0 Å². The van der Waals surface area contributed by atoms with Gasteiger partial charge in [0.05, 0.1) is 11.8 Å². The lowest BCUT2D eigenvalue weighted by atomic mass is 9.82. The summed E-state index contributed by atoms with van der Waals surface area (Å²) in [5.41, 5.74) is 1.08. The topological polar surface area (TPSA) is 66.4 Å². The smallest absolute Gasteiger partial charge is 0.307 e. The molecule has 1 amide bonds. The molecule has 1 aliphatic rings. The zero-order valence-corrected chi connectivity index (χ0v) is 12.3. The molecule has 1 aliphatic carbocycles. The first-order valence-electron chi connectivity index (χ1n) is 6.98. The first-order chi connectivity index (χ1) is 10.1. The maximum Gasteiger partial charge on any atom is 0.307 e. The molecule has 0 saturated heterocycles. The minimum atomic E-state index is -0.905. The lowest BCUT2D eigenvalue weighted by Gasteiger charge is -2.24. The Morgan fingerprint density at radius 1 is 1.14 bits per heavy atom. The van der Waals surface area contributed by atoms with Crippen LogP contribution in [0.5, 0.6) is 0 Å². The number of carboxylic acid groups (broad SMARTS) is 1. The van der Waals surface area contributed by atoms with E-state index in [1.807, 2.05) is 36.4 Å². The lowest BCUT2D eigenvalue weighted by Crippen LogP contribution is -2.39. The van der Waals surface area contributed by atoms with Gasteiger partial charge < -0.3 is 10.4 Å². The number of rotatable bonds is 5. The number of hydrogen-bond acceptors (Lipinski definition) is 2. The SMILES string of the molecule is O=C(O)C1CC=CCC1C(=O)NCCc1ccc(Cl)cc1. The molecular weight excluding hydrogens is 290 g/mol. The van der Waals surface area contributed by atoms with Gasteiger partial charge in [0.25, 0.3) is 0 Å². The Hall–Kier alpha value is -1.81. The number of carbonyl (C=O) groups excluding carboxylic acids is 1. The highest BCUT2D eigenvalue weighted by atomic mass is 35.5. The molecule has 0 heterocycles. The van der Waals surface area contributed by atoms with Crippen molar-refractivity contribution in [1.82, 2.24) is 5.32 Å². The quantitative estimate of drug-likeness (QED) is 0.822. The van der Waals surface area contributed by atoms with E-state index in [4.69, 9.17) is 16.7 Å². The Morgan fingerprint density at radius 3 is 2.38 bits per heavy atom. The largest absolute Gasteiger partial charge is 0.481 e. The molecule has 0 bridgehead atoms. The predicted octanol–water partition coefficient (Wildman–Crippen LogP) is 2.67. The average molecular weight is 308 g/mol. The van der Waals surface area contributed by atoms with Crippen LogP contribution in [-0.4, -0.2) is 23.5 Å². The summed E-state index contributed by atoms with van der Waals surface area (Å²) >= 11 is 5.81. The summed E-state index contributed by atoms with van der Waals surface area (Å²) in [5.74, 6) is -2.18. The van der Waals surface area contributed by atoms with E-state index in [9.17, 15) is 9.59 Å². The van der Waals surface area contributed by atoms with Crippen LogP contribution in [0, 0.1) is 11.8 Å². The summed E-state index contributed by atoms with van der Waals surface area (Å²) in [7, 11) is 0. The van der Waals surface area contributed by atoms with Crippen LogP contribution >= 0.6 is 11.6 Å². The van der Waals surface area contributed by atoms with Crippen molar-refractivity contribution in [2.45, 2.75) is 19.3 Å². The Morgan fingerprint density at radius 2 is 1.76 bits per heavy atom. The van der Waals surface area contributed by atoms with Gasteiger partial charge in [0.15, 0.2) is 0 Å². The Kier molecular flexibility index (Phi) is 5.39. The standard InChI is InChI=1S/C16H18ClNO3/c17-12-7-5-11(6-8-12)9-10-18-15(19)13-3-1-2-4-14(13)16(20)21/h1-2,5-8,13-14H,3-4,9-10H2,(H,18,19)(H,20,21). The molecule has 2 unspecified atom stereocenters. The van der Waals surface area contributed by atoms with Crippen molar-refractivity contribution in [3.05, 3.63) is 47.0 Å². The minimum Gasteiger partial charge on any atom is -0.481 e. The van der Waals surface area contributed by atoms with E-state index in [0.29, 0.717) is 30.8 Å². The number of aliphatic carboxylic acids is 1. The molecule has 2 atom stereocenters. The van der Waals surface area contributed by atoms with Crippen LogP contribution in [0.2, 0.25) is 5.02 Å². The van der Waals surface area contributed by atoms with E-state index in [1.165, 1.54) is 0 Å². The minimum absolute atomic E-state index is 0.180. The van der Waals surface area contributed by atoms with Crippen molar-refractivity contribution < 1.29 is 14.7 Å². The second kappa shape index (κ2) is 7.27. The van der Waals surface area contributed by atoms with Gasteiger partial charge in [0.2, 0.25) is 5.91 Å². The zero-order valence-electron chi connectivity index (χ0n) is 11.6. The fourth-order valence-corrected chi connectivity index (χ4v) is 2.62. The molecule has 0 radical (unpaired) electrons. The highest BCUT2D eigenvalue weighted by molar-refractivity contribution is 6.30. The van der Waals surface area contributed by atoms with Crippen molar-refractivity contribution >= 4 is 23.5 Å². The molecule has 0 aliphatic heterocycles. The fraction of sp³-hybridized carbons (Fsp3) is 0.375. The van der Waals surface area contributed by atoms with Gasteiger partial charge in [0.1, 0.15) is 0 Å². The number of nitrogens with one attached hydrogen (secondary N) is 1. The number of halogens is 1. The van der Waals surface area contributed by atoms with Gasteiger partial charge in [-0.15, -0.1) is 0 Å². The molecule has 2 rings (SSSR count). The summed E-state index contributed by atoms with van der Waals surface area (Å²) in [4.78, 5) is 23.3. The van der Waals surface area contributed by atoms with E-state index in [-0.39, 0.29) is 5.91 Å². The van der Waals surface area contributed by atoms with Gasteiger partial charge in [-0.1, -0.05) is 35.9 Å². The van der Waals surface area contributed by atoms with Gasteiger partial charge in [0, 0.05) is 11.6 Å². The number of carbonyl (C=O) groups is 2. The van der Waals surface area contributed by atoms with Gasteiger partial charge in [-0.25, -0.2) is 0 Å². The van der Waals surface area contributed by atoms with Gasteiger partial charge in [-0.3, -0.25) is 9.59 Å². The van der Waals surface area contributed by atoms with Crippen molar-refractivity contribution in [2.75, 3.05) is 6.54 Å². The predicted molar refractivity (Wildman–Crippen MR) is 81.2 cm³/mol. The van der Waals surface area contributed by atoms with Crippen LogP contribution in [0.15, 0.2) is 36.4 Å². The highest BCUT2D eigenvalue weighted by Gasteiger charge is 2.33. The molecule has 0 spiro atoms. The summed E-state index contributed by atoms with van der Waals surface area (Å²) in [6.45, 7) is 0.493. The first kappa shape index (κ1) is 15.6. The molecule has 5 heteroatoms. The molecule has 0 saturated carbocycles. The number of hydrogen-bond donors (Lipinski definition) is 2. The van der Waals surface area contributed by atoms with E-state index >= 15 is 0 Å². The molecular formula is C16H18ClNO3. The van der Waals surface area contributed by atoms with E-state index in [0.717, 1.165) is 5.56 Å². The van der Waals surface area contributed by atoms with Gasteiger partial charge in [-0.2, -0.15) is 0 Å². The van der Waals surface area contributed by atoms with E-state index in [2.05, 4.69) is 5.32 Å². The lowest BCUT2D eigenvalue weighted by molar-refractivity contribution is -0.147. The maximum absolute atomic E-state index is 12.1. The summed E-state index contributed by atoms with van der Waals surface area (Å²) < 4.78 is 0. The molecule has 0 fully saturated rings. The summed E-state index contributed by atoms with van der Waals surface area (Å²) in [6, 6.07) is 7.45. The molecule has 21 heavy (non-hydrogen) atoms. The molecule has 2 N–H and O–H groups in total. The highest BCUT2D eigenvalue weighted by Crippen LogP contribution is 2.25. The van der Waals surface area contributed by atoms with Crippen LogP contribution in [-0.2, 0) is 16.0 Å². The first-order valence-corrected chi connectivity index (χ1v) is 7.35. The van der Waals surface area contributed by atoms with E-state index < -0.39 is 17.8 Å². The summed E-state index contributed by atoms with van der Waals surface area (Å²) in [6.07, 6.45) is 5.32. The van der Waals surface area contributed by atoms with Crippen molar-refractivity contribution in [1.29, 1.82) is 0 Å². The second-order valence-corrected chi connectivity index (χ2v) is 5.60. The number of allylic oxidation sites excluding steroid dienone is 2. The van der Waals surface area contributed by atoms with Crippen LogP contribution in [0.3, 0.4) is 0 Å². The normalized spacial score (nSPS) is 21.0. The van der Waals surface area contributed by atoms with Crippen LogP contribution in [0.1, 0.15) is 18.4 Å². The number of amides is 1. The Balaban J connectivity index is 1.85. The third-order valence-electron chi connectivity index (χ3n) is 3.71. The van der Waals surface area contributed by atoms with Crippen molar-refractivity contribution in [3.63, 3.8) is 0 Å². The monoisotopic (exact) mass is 307 g/mol.